The van der Waals surface area contributed by atoms with Gasteiger partial charge in [-0.05, 0) is 29.8 Å². The van der Waals surface area contributed by atoms with Crippen LogP contribution in [0.4, 0.5) is 0 Å². The molecule has 0 aliphatic carbocycles. The van der Waals surface area contributed by atoms with Crippen molar-refractivity contribution in [2.45, 2.75) is 20.3 Å². The van der Waals surface area contributed by atoms with Crippen molar-refractivity contribution < 1.29 is 9.53 Å². The molecule has 0 atom stereocenters. The fourth-order valence-electron chi connectivity index (χ4n) is 1.60. The molecule has 0 fully saturated rings. The number of nitrogens with zero attached hydrogens (tertiary/aromatic N) is 3. The van der Waals surface area contributed by atoms with Crippen molar-refractivity contribution in [3.8, 4) is 0 Å². The molecule has 5 nitrogen and oxygen atoms in total. The Labute approximate surface area is 101 Å². The first-order chi connectivity index (χ1) is 7.63. The van der Waals surface area contributed by atoms with Gasteiger partial charge in [-0.25, -0.2) is 9.79 Å². The number of carbonyl (C=O) groups is 1. The number of carbonyl (C=O) groups excluding carboxylic acids is 1. The highest BCUT2D eigenvalue weighted by Crippen LogP contribution is 2.26. The summed E-state index contributed by atoms with van der Waals surface area (Å²) < 4.78 is 5.67. The number of ether oxygens (including phenoxy) is 1. The molecule has 0 unspecified atom stereocenters. The summed E-state index contributed by atoms with van der Waals surface area (Å²) in [5, 5.41) is 7.82. The van der Waals surface area contributed by atoms with Gasteiger partial charge in [0.2, 0.25) is 0 Å². The van der Waals surface area contributed by atoms with Gasteiger partial charge in [-0.2, -0.15) is 5.10 Å². The SMILES string of the molecule is CCOC(=O)C1=C2C(C)=NN=C2N=C(Br)C1. The van der Waals surface area contributed by atoms with E-state index in [1.54, 1.807) is 13.8 Å². The molecule has 0 aromatic carbocycles. The number of fused-ring (bicyclic) bond motifs is 1. The minimum atomic E-state index is -0.325. The zero-order chi connectivity index (χ0) is 11.7. The van der Waals surface area contributed by atoms with Crippen LogP contribution >= 0.6 is 15.9 Å². The maximum Gasteiger partial charge on any atom is 0.335 e. The Morgan fingerprint density at radius 2 is 2.25 bits per heavy atom. The summed E-state index contributed by atoms with van der Waals surface area (Å²) in [6.45, 7) is 3.94. The maximum atomic E-state index is 11.8. The summed E-state index contributed by atoms with van der Waals surface area (Å²) in [5.74, 6) is 0.159. The van der Waals surface area contributed by atoms with E-state index in [1.165, 1.54) is 0 Å². The van der Waals surface area contributed by atoms with Gasteiger partial charge in [0, 0.05) is 6.42 Å². The molecule has 16 heavy (non-hydrogen) atoms. The Morgan fingerprint density at radius 1 is 1.50 bits per heavy atom. The molecular formula is C10H10BrN3O2. The van der Waals surface area contributed by atoms with Gasteiger partial charge >= 0.3 is 5.97 Å². The number of dihydropyridines is 1. The number of esters is 1. The summed E-state index contributed by atoms with van der Waals surface area (Å²) in [6, 6.07) is 0. The number of hydrogen-bond acceptors (Lipinski definition) is 5. The minimum absolute atomic E-state index is 0.325. The van der Waals surface area contributed by atoms with Crippen LogP contribution in [0.15, 0.2) is 26.3 Å². The van der Waals surface area contributed by atoms with E-state index in [0.717, 1.165) is 0 Å². The van der Waals surface area contributed by atoms with Crippen LogP contribution in [0.1, 0.15) is 20.3 Å². The number of rotatable bonds is 2. The quantitative estimate of drug-likeness (QED) is 0.726. The van der Waals surface area contributed by atoms with E-state index >= 15 is 0 Å². The largest absolute Gasteiger partial charge is 0.463 e. The second-order valence-electron chi connectivity index (χ2n) is 3.35. The molecule has 2 heterocycles. The van der Waals surface area contributed by atoms with E-state index in [0.29, 0.717) is 40.3 Å². The highest BCUT2D eigenvalue weighted by Gasteiger charge is 2.30. The van der Waals surface area contributed by atoms with E-state index in [-0.39, 0.29) is 5.97 Å². The van der Waals surface area contributed by atoms with Crippen LogP contribution in [-0.4, -0.2) is 28.7 Å². The monoisotopic (exact) mass is 283 g/mol. The van der Waals surface area contributed by atoms with Gasteiger partial charge < -0.3 is 4.74 Å². The molecule has 0 saturated heterocycles. The van der Waals surface area contributed by atoms with Gasteiger partial charge in [-0.3, -0.25) is 0 Å². The molecule has 0 saturated carbocycles. The van der Waals surface area contributed by atoms with Gasteiger partial charge in [0.25, 0.3) is 0 Å². The lowest BCUT2D eigenvalue weighted by molar-refractivity contribution is -0.138. The van der Waals surface area contributed by atoms with E-state index < -0.39 is 0 Å². The molecule has 2 rings (SSSR count). The number of halogens is 1. The Kier molecular flexibility index (Phi) is 3.00. The molecule has 84 valence electrons. The first-order valence-electron chi connectivity index (χ1n) is 4.89. The second-order valence-corrected chi connectivity index (χ2v) is 4.26. The molecule has 0 amide bonds. The third-order valence-electron chi connectivity index (χ3n) is 2.25. The molecule has 2 aliphatic rings. The topological polar surface area (TPSA) is 63.4 Å². The molecule has 0 aromatic heterocycles. The summed E-state index contributed by atoms with van der Waals surface area (Å²) in [7, 11) is 0. The van der Waals surface area contributed by atoms with Gasteiger partial charge in [0.1, 0.15) is 0 Å². The Morgan fingerprint density at radius 3 is 2.94 bits per heavy atom. The zero-order valence-corrected chi connectivity index (χ0v) is 10.5. The molecule has 0 spiro atoms. The fourth-order valence-corrected chi connectivity index (χ4v) is 2.05. The molecule has 0 N–H and O–H groups in total. The second kappa shape index (κ2) is 4.29. The van der Waals surface area contributed by atoms with E-state index in [4.69, 9.17) is 4.74 Å². The Balaban J connectivity index is 2.41. The summed E-state index contributed by atoms with van der Waals surface area (Å²) in [5.41, 5.74) is 1.99. The standard InChI is InChI=1S/C10H10BrN3O2/c1-3-16-10(15)6-4-7(11)12-9-8(6)5(2)13-14-9/h3-4H2,1-2H3. The zero-order valence-electron chi connectivity index (χ0n) is 8.95. The lowest BCUT2D eigenvalue weighted by Crippen LogP contribution is -2.21. The van der Waals surface area contributed by atoms with Crippen LogP contribution < -0.4 is 0 Å². The lowest BCUT2D eigenvalue weighted by atomic mass is 9.99. The molecule has 2 aliphatic heterocycles. The average molecular weight is 284 g/mol. The van der Waals surface area contributed by atoms with Crippen LogP contribution in [0.5, 0.6) is 0 Å². The highest BCUT2D eigenvalue weighted by atomic mass is 79.9. The smallest absolute Gasteiger partial charge is 0.335 e. The lowest BCUT2D eigenvalue weighted by Gasteiger charge is -2.14. The third-order valence-corrected chi connectivity index (χ3v) is 2.71. The third kappa shape index (κ3) is 1.84. The number of hydrogen-bond donors (Lipinski definition) is 0. The molecule has 0 bridgehead atoms. The van der Waals surface area contributed by atoms with Crippen molar-refractivity contribution in [2.24, 2.45) is 15.2 Å². The van der Waals surface area contributed by atoms with Crippen LogP contribution in [0, 0.1) is 0 Å². The highest BCUT2D eigenvalue weighted by molar-refractivity contribution is 9.18. The summed E-state index contributed by atoms with van der Waals surface area (Å²) >= 11 is 3.28. The summed E-state index contributed by atoms with van der Waals surface area (Å²) in [4.78, 5) is 16.0. The Bertz CT molecular complexity index is 474. The molecule has 6 heteroatoms. The van der Waals surface area contributed by atoms with Crippen molar-refractivity contribution in [2.75, 3.05) is 6.61 Å². The van der Waals surface area contributed by atoms with Crippen LogP contribution in [0.25, 0.3) is 0 Å². The first kappa shape index (κ1) is 11.2. The van der Waals surface area contributed by atoms with Crippen molar-refractivity contribution in [3.63, 3.8) is 0 Å². The van der Waals surface area contributed by atoms with Gasteiger partial charge in [0.05, 0.1) is 28.1 Å². The van der Waals surface area contributed by atoms with E-state index in [1.807, 2.05) is 0 Å². The number of amidine groups is 1. The van der Waals surface area contributed by atoms with E-state index in [9.17, 15) is 4.79 Å². The van der Waals surface area contributed by atoms with Crippen LogP contribution in [0.3, 0.4) is 0 Å². The van der Waals surface area contributed by atoms with Crippen LogP contribution in [-0.2, 0) is 9.53 Å². The van der Waals surface area contributed by atoms with Crippen molar-refractivity contribution in [1.29, 1.82) is 0 Å². The first-order valence-corrected chi connectivity index (χ1v) is 5.69. The number of aliphatic imine (C=N–C) groups is 1. The average Bonchev–Trinajstić information content (AvgIpc) is 2.59. The predicted octanol–water partition coefficient (Wildman–Crippen LogP) is 1.83. The van der Waals surface area contributed by atoms with Gasteiger partial charge in [-0.1, -0.05) is 0 Å². The molecular weight excluding hydrogens is 274 g/mol. The van der Waals surface area contributed by atoms with Gasteiger partial charge in [0.15, 0.2) is 5.84 Å². The van der Waals surface area contributed by atoms with Crippen molar-refractivity contribution in [1.82, 2.24) is 0 Å². The van der Waals surface area contributed by atoms with Crippen LogP contribution in [0.2, 0.25) is 0 Å². The van der Waals surface area contributed by atoms with Crippen molar-refractivity contribution in [3.05, 3.63) is 11.1 Å². The predicted molar refractivity (Wildman–Crippen MR) is 65.2 cm³/mol. The normalized spacial score (nSPS) is 18.8. The van der Waals surface area contributed by atoms with Crippen molar-refractivity contribution >= 4 is 38.1 Å². The molecule has 0 aromatic rings. The Hall–Kier alpha value is -1.30. The fraction of sp³-hybridized carbons (Fsp3) is 0.400. The van der Waals surface area contributed by atoms with E-state index in [2.05, 4.69) is 31.1 Å². The minimum Gasteiger partial charge on any atom is -0.463 e. The van der Waals surface area contributed by atoms with Gasteiger partial charge in [-0.15, -0.1) is 5.10 Å². The summed E-state index contributed by atoms with van der Waals surface area (Å²) in [6.07, 6.45) is 0.431. The maximum absolute atomic E-state index is 11.8. The molecule has 0 radical (unpaired) electrons.